The van der Waals surface area contributed by atoms with Gasteiger partial charge >= 0.3 is 0 Å². The van der Waals surface area contributed by atoms with Crippen LogP contribution in [0.4, 0.5) is 0 Å². The lowest BCUT2D eigenvalue weighted by molar-refractivity contribution is -0.320. The molecule has 0 fully saturated rings. The number of hydrogen-bond acceptors (Lipinski definition) is 2. The Hall–Kier alpha value is -0.530. The molecule has 22 heavy (non-hydrogen) atoms. The van der Waals surface area contributed by atoms with Crippen LogP contribution in [0.3, 0.4) is 0 Å². The Bertz CT molecular complexity index is 244. The van der Waals surface area contributed by atoms with Crippen LogP contribution in [0.25, 0.3) is 0 Å². The molecule has 0 radical (unpaired) electrons. The Morgan fingerprint density at radius 1 is 0.682 bits per heavy atom. The summed E-state index contributed by atoms with van der Waals surface area (Å²) < 4.78 is 0. The van der Waals surface area contributed by atoms with Crippen molar-refractivity contribution in [2.45, 2.75) is 117 Å². The van der Waals surface area contributed by atoms with Gasteiger partial charge in [0.2, 0.25) is 0 Å². The average Bonchev–Trinajstić information content (AvgIpc) is 2.51. The lowest BCUT2D eigenvalue weighted by atomic mass is 9.76. The molecule has 0 rings (SSSR count). The maximum atomic E-state index is 11.7. The lowest BCUT2D eigenvalue weighted by Crippen LogP contribution is -2.42. The van der Waals surface area contributed by atoms with Crippen molar-refractivity contribution in [3.05, 3.63) is 0 Å². The summed E-state index contributed by atoms with van der Waals surface area (Å²) in [7, 11) is 0. The molecule has 0 aromatic carbocycles. The summed E-state index contributed by atoms with van der Waals surface area (Å²) in [5.74, 6) is -0.808. The van der Waals surface area contributed by atoms with Crippen LogP contribution in [0.2, 0.25) is 0 Å². The highest BCUT2D eigenvalue weighted by Gasteiger charge is 2.28. The van der Waals surface area contributed by atoms with Crippen molar-refractivity contribution in [3.8, 4) is 0 Å². The van der Waals surface area contributed by atoms with E-state index in [1.54, 1.807) is 0 Å². The maximum absolute atomic E-state index is 11.7. The number of aliphatic carboxylic acids is 1. The van der Waals surface area contributed by atoms with E-state index in [4.69, 9.17) is 0 Å². The van der Waals surface area contributed by atoms with Crippen molar-refractivity contribution in [1.29, 1.82) is 0 Å². The van der Waals surface area contributed by atoms with Crippen molar-refractivity contribution in [2.75, 3.05) is 0 Å². The fourth-order valence-electron chi connectivity index (χ4n) is 3.31. The number of carboxylic acids is 1. The predicted octanol–water partition coefficient (Wildman–Crippen LogP) is 5.63. The van der Waals surface area contributed by atoms with Gasteiger partial charge in [0.25, 0.3) is 0 Å². The first-order valence-electron chi connectivity index (χ1n) is 9.84. The number of hydrogen-bond donors (Lipinski definition) is 0. The molecule has 0 amide bonds. The zero-order valence-electron chi connectivity index (χ0n) is 15.4. The third-order valence-electron chi connectivity index (χ3n) is 5.13. The summed E-state index contributed by atoms with van der Waals surface area (Å²) in [6.45, 7) is 6.46. The summed E-state index contributed by atoms with van der Waals surface area (Å²) in [5, 5.41) is 11.7. The number of carbonyl (C=O) groups excluding carboxylic acids is 1. The van der Waals surface area contributed by atoms with Gasteiger partial charge < -0.3 is 9.90 Å². The van der Waals surface area contributed by atoms with E-state index in [1.165, 1.54) is 64.2 Å². The molecule has 0 atom stereocenters. The molecular formula is C20H39O2-. The maximum Gasteiger partial charge on any atom is 0.0476 e. The smallest absolute Gasteiger partial charge is 0.0476 e. The van der Waals surface area contributed by atoms with E-state index in [-0.39, 0.29) is 0 Å². The van der Waals surface area contributed by atoms with Crippen molar-refractivity contribution in [2.24, 2.45) is 5.41 Å². The Balaban J connectivity index is 4.04. The highest BCUT2D eigenvalue weighted by molar-refractivity contribution is 5.72. The molecule has 0 bridgehead atoms. The van der Waals surface area contributed by atoms with E-state index in [0.29, 0.717) is 0 Å². The van der Waals surface area contributed by atoms with Crippen LogP contribution in [0.1, 0.15) is 117 Å². The first-order valence-corrected chi connectivity index (χ1v) is 9.84. The van der Waals surface area contributed by atoms with Gasteiger partial charge in [-0.1, -0.05) is 97.8 Å². The summed E-state index contributed by atoms with van der Waals surface area (Å²) in [5.41, 5.74) is -0.560. The summed E-state index contributed by atoms with van der Waals surface area (Å²) >= 11 is 0. The number of unbranched alkanes of at least 4 members (excludes halogenated alkanes) is 10. The van der Waals surface area contributed by atoms with Crippen LogP contribution in [-0.4, -0.2) is 5.97 Å². The van der Waals surface area contributed by atoms with Gasteiger partial charge in [-0.3, -0.25) is 0 Å². The van der Waals surface area contributed by atoms with Gasteiger partial charge in [0, 0.05) is 11.4 Å². The minimum atomic E-state index is -0.808. The molecule has 2 nitrogen and oxygen atoms in total. The zero-order valence-corrected chi connectivity index (χ0v) is 15.4. The SMILES string of the molecule is CCCCCCCCC(CC)(CCCCCCCC)C(=O)[O-]. The van der Waals surface area contributed by atoms with Gasteiger partial charge in [0.1, 0.15) is 0 Å². The highest BCUT2D eigenvalue weighted by Crippen LogP contribution is 2.35. The quantitative estimate of drug-likeness (QED) is 0.346. The summed E-state index contributed by atoms with van der Waals surface area (Å²) in [4.78, 5) is 11.7. The van der Waals surface area contributed by atoms with E-state index in [9.17, 15) is 9.90 Å². The molecule has 0 aliphatic carbocycles. The van der Waals surface area contributed by atoms with Gasteiger partial charge in [-0.15, -0.1) is 0 Å². The second-order valence-corrected chi connectivity index (χ2v) is 6.96. The number of rotatable bonds is 16. The standard InChI is InChI=1S/C20H40O2/c1-4-7-9-11-13-15-17-20(6-3,19(21)22)18-16-14-12-10-8-5-2/h4-18H2,1-3H3,(H,21,22)/p-1. The van der Waals surface area contributed by atoms with Crippen LogP contribution < -0.4 is 5.11 Å². The Morgan fingerprint density at radius 2 is 1.05 bits per heavy atom. The molecule has 0 N–H and O–H groups in total. The van der Waals surface area contributed by atoms with Crippen molar-refractivity contribution >= 4 is 5.97 Å². The summed E-state index contributed by atoms with van der Waals surface area (Å²) in [6.07, 6.45) is 17.0. The Morgan fingerprint density at radius 3 is 1.36 bits per heavy atom. The fraction of sp³-hybridized carbons (Fsp3) is 0.950. The molecule has 0 heterocycles. The van der Waals surface area contributed by atoms with Crippen LogP contribution in [0.15, 0.2) is 0 Å². The molecule has 0 aliphatic rings. The molecule has 0 aliphatic heterocycles. The molecule has 0 saturated heterocycles. The Kier molecular flexibility index (Phi) is 13.7. The van der Waals surface area contributed by atoms with E-state index >= 15 is 0 Å². The summed E-state index contributed by atoms with van der Waals surface area (Å²) in [6, 6.07) is 0. The van der Waals surface area contributed by atoms with Gasteiger partial charge in [-0.2, -0.15) is 0 Å². The fourth-order valence-corrected chi connectivity index (χ4v) is 3.31. The third-order valence-corrected chi connectivity index (χ3v) is 5.13. The third kappa shape index (κ3) is 9.48. The normalized spacial score (nSPS) is 11.8. The largest absolute Gasteiger partial charge is 0.550 e. The molecule has 0 saturated carbocycles. The van der Waals surface area contributed by atoms with Crippen molar-refractivity contribution in [1.82, 2.24) is 0 Å². The van der Waals surface area contributed by atoms with Crippen LogP contribution in [0.5, 0.6) is 0 Å². The lowest BCUT2D eigenvalue weighted by Gasteiger charge is -2.34. The number of carbonyl (C=O) groups is 1. The topological polar surface area (TPSA) is 40.1 Å². The van der Waals surface area contributed by atoms with Crippen LogP contribution in [-0.2, 0) is 4.79 Å². The predicted molar refractivity (Wildman–Crippen MR) is 93.7 cm³/mol. The van der Waals surface area contributed by atoms with E-state index in [0.717, 1.165) is 32.1 Å². The highest BCUT2D eigenvalue weighted by atomic mass is 16.4. The second kappa shape index (κ2) is 14.1. The van der Waals surface area contributed by atoms with Crippen LogP contribution >= 0.6 is 0 Å². The van der Waals surface area contributed by atoms with Gasteiger partial charge in [0.05, 0.1) is 0 Å². The molecule has 0 aromatic heterocycles. The minimum Gasteiger partial charge on any atom is -0.550 e. The molecule has 0 spiro atoms. The van der Waals surface area contributed by atoms with E-state index in [2.05, 4.69) is 13.8 Å². The first-order chi connectivity index (χ1) is 10.6. The molecular weight excluding hydrogens is 272 g/mol. The second-order valence-electron chi connectivity index (χ2n) is 6.96. The van der Waals surface area contributed by atoms with Crippen molar-refractivity contribution in [3.63, 3.8) is 0 Å². The van der Waals surface area contributed by atoms with Crippen molar-refractivity contribution < 1.29 is 9.90 Å². The zero-order chi connectivity index (χ0) is 16.7. The number of carboxylic acid groups (broad SMARTS) is 1. The first kappa shape index (κ1) is 21.5. The van der Waals surface area contributed by atoms with Gasteiger partial charge in [0.15, 0.2) is 0 Å². The molecule has 0 unspecified atom stereocenters. The molecule has 2 heteroatoms. The monoisotopic (exact) mass is 311 g/mol. The van der Waals surface area contributed by atoms with Gasteiger partial charge in [-0.25, -0.2) is 0 Å². The Labute approximate surface area is 139 Å². The van der Waals surface area contributed by atoms with E-state index < -0.39 is 11.4 Å². The molecule has 132 valence electrons. The minimum absolute atomic E-state index is 0.560. The average molecular weight is 312 g/mol. The molecule has 0 aromatic rings. The van der Waals surface area contributed by atoms with Gasteiger partial charge in [-0.05, 0) is 19.3 Å². The van der Waals surface area contributed by atoms with Crippen LogP contribution in [0, 0.1) is 5.41 Å². The van der Waals surface area contributed by atoms with E-state index in [1.807, 2.05) is 6.92 Å².